The van der Waals surface area contributed by atoms with Crippen molar-refractivity contribution in [1.29, 1.82) is 0 Å². The molecule has 1 aromatic rings. The van der Waals surface area contributed by atoms with Gasteiger partial charge in [0.1, 0.15) is 0 Å². The van der Waals surface area contributed by atoms with E-state index in [9.17, 15) is 4.79 Å². The van der Waals surface area contributed by atoms with Gasteiger partial charge in [0.05, 0.1) is 0 Å². The first-order chi connectivity index (χ1) is 5.11. The molecule has 1 rings (SSSR count). The van der Waals surface area contributed by atoms with Gasteiger partial charge in [-0.2, -0.15) is 0 Å². The molecule has 60 valence electrons. The standard InChI is InChI=1S/C5H2Cl3NO2/c6-4(7)3-1-2(5(8)10)9-11-3/h1,4H. The minimum atomic E-state index is -0.827. The van der Waals surface area contributed by atoms with Gasteiger partial charge in [-0.15, -0.1) is 0 Å². The Balaban J connectivity index is 2.90. The van der Waals surface area contributed by atoms with Gasteiger partial charge in [0, 0.05) is 6.07 Å². The van der Waals surface area contributed by atoms with E-state index in [1.54, 1.807) is 0 Å². The second-order valence-corrected chi connectivity index (χ2v) is 3.13. The van der Waals surface area contributed by atoms with Crippen LogP contribution in [-0.4, -0.2) is 10.4 Å². The Morgan fingerprint density at radius 1 is 1.64 bits per heavy atom. The van der Waals surface area contributed by atoms with Gasteiger partial charge >= 0.3 is 0 Å². The Morgan fingerprint density at radius 2 is 2.27 bits per heavy atom. The van der Waals surface area contributed by atoms with Crippen molar-refractivity contribution in [3.05, 3.63) is 17.5 Å². The first kappa shape index (κ1) is 8.84. The average Bonchev–Trinajstić information content (AvgIpc) is 2.33. The third-order valence-electron chi connectivity index (χ3n) is 0.945. The molecule has 0 aliphatic rings. The van der Waals surface area contributed by atoms with Crippen molar-refractivity contribution in [2.45, 2.75) is 4.84 Å². The fourth-order valence-electron chi connectivity index (χ4n) is 0.485. The number of carbonyl (C=O) groups is 1. The lowest BCUT2D eigenvalue weighted by Gasteiger charge is -1.87. The number of hydrogen-bond donors (Lipinski definition) is 0. The quantitative estimate of drug-likeness (QED) is 0.561. The molecule has 1 aromatic heterocycles. The van der Waals surface area contributed by atoms with Crippen LogP contribution in [0, 0.1) is 0 Å². The van der Waals surface area contributed by atoms with E-state index in [0.717, 1.165) is 0 Å². The van der Waals surface area contributed by atoms with Gasteiger partial charge in [-0.3, -0.25) is 4.79 Å². The summed E-state index contributed by atoms with van der Waals surface area (Å²) in [4.78, 5) is 9.61. The Labute approximate surface area is 77.2 Å². The Bertz CT molecular complexity index is 270. The second-order valence-electron chi connectivity index (χ2n) is 1.69. The highest BCUT2D eigenvalue weighted by atomic mass is 35.5. The fraction of sp³-hybridized carbons (Fsp3) is 0.200. The van der Waals surface area contributed by atoms with Crippen LogP contribution in [0.25, 0.3) is 0 Å². The van der Waals surface area contributed by atoms with Crippen LogP contribution in [0.5, 0.6) is 0 Å². The summed E-state index contributed by atoms with van der Waals surface area (Å²) < 4.78 is 4.57. The molecule has 0 aromatic carbocycles. The van der Waals surface area contributed by atoms with Crippen LogP contribution in [0.2, 0.25) is 0 Å². The fourth-order valence-corrected chi connectivity index (χ4v) is 0.780. The number of rotatable bonds is 2. The lowest BCUT2D eigenvalue weighted by atomic mass is 10.4. The Morgan fingerprint density at radius 3 is 2.55 bits per heavy atom. The van der Waals surface area contributed by atoms with Crippen LogP contribution in [0.1, 0.15) is 21.1 Å². The molecule has 0 saturated carbocycles. The van der Waals surface area contributed by atoms with E-state index in [1.807, 2.05) is 0 Å². The maximum atomic E-state index is 10.4. The highest BCUT2D eigenvalue weighted by Crippen LogP contribution is 2.25. The molecule has 0 amide bonds. The molecule has 6 heteroatoms. The van der Waals surface area contributed by atoms with E-state index in [-0.39, 0.29) is 11.5 Å². The predicted molar refractivity (Wildman–Crippen MR) is 41.1 cm³/mol. The highest BCUT2D eigenvalue weighted by molar-refractivity contribution is 6.67. The highest BCUT2D eigenvalue weighted by Gasteiger charge is 2.14. The Hall–Kier alpha value is -0.250. The molecule has 11 heavy (non-hydrogen) atoms. The predicted octanol–water partition coefficient (Wildman–Crippen LogP) is 2.53. The molecular formula is C5H2Cl3NO2. The molecule has 0 aliphatic heterocycles. The van der Waals surface area contributed by atoms with Gasteiger partial charge in [0.2, 0.25) is 0 Å². The van der Waals surface area contributed by atoms with Crippen molar-refractivity contribution in [3.63, 3.8) is 0 Å². The van der Waals surface area contributed by atoms with Crippen LogP contribution in [0.3, 0.4) is 0 Å². The van der Waals surface area contributed by atoms with Gasteiger partial charge in [0.25, 0.3) is 5.24 Å². The topological polar surface area (TPSA) is 43.1 Å². The zero-order valence-corrected chi connectivity index (χ0v) is 7.32. The molecule has 1 heterocycles. The number of carbonyl (C=O) groups excluding carboxylic acids is 1. The molecule has 0 radical (unpaired) electrons. The normalized spacial score (nSPS) is 10.5. The summed E-state index contributed by atoms with van der Waals surface area (Å²) in [5.41, 5.74) is 0.00738. The number of aromatic nitrogens is 1. The van der Waals surface area contributed by atoms with E-state index >= 15 is 0 Å². The smallest absolute Gasteiger partial charge is 0.274 e. The molecule has 0 spiro atoms. The van der Waals surface area contributed by atoms with Crippen molar-refractivity contribution in [1.82, 2.24) is 5.16 Å². The summed E-state index contributed by atoms with van der Waals surface area (Å²) in [6, 6.07) is 1.29. The van der Waals surface area contributed by atoms with E-state index in [4.69, 9.17) is 34.8 Å². The molecule has 0 unspecified atom stereocenters. The second kappa shape index (κ2) is 3.43. The van der Waals surface area contributed by atoms with Crippen LogP contribution in [0.4, 0.5) is 0 Å². The molecule has 0 bridgehead atoms. The molecule has 0 N–H and O–H groups in total. The molecular weight excluding hydrogens is 212 g/mol. The number of alkyl halides is 2. The van der Waals surface area contributed by atoms with E-state index < -0.39 is 10.1 Å². The molecule has 0 aliphatic carbocycles. The number of halogens is 3. The SMILES string of the molecule is O=C(Cl)c1cc(C(Cl)Cl)on1. The monoisotopic (exact) mass is 213 g/mol. The summed E-state index contributed by atoms with van der Waals surface area (Å²) in [6.45, 7) is 0. The van der Waals surface area contributed by atoms with Crippen molar-refractivity contribution >= 4 is 40.0 Å². The van der Waals surface area contributed by atoms with Crippen molar-refractivity contribution in [2.75, 3.05) is 0 Å². The number of nitrogens with zero attached hydrogens (tertiary/aromatic N) is 1. The van der Waals surface area contributed by atoms with Gasteiger partial charge < -0.3 is 4.52 Å². The van der Waals surface area contributed by atoms with Gasteiger partial charge in [-0.05, 0) is 11.6 Å². The first-order valence-electron chi connectivity index (χ1n) is 2.56. The third kappa shape index (κ3) is 2.09. The first-order valence-corrected chi connectivity index (χ1v) is 3.81. The maximum absolute atomic E-state index is 10.4. The summed E-state index contributed by atoms with van der Waals surface area (Å²) in [5, 5.41) is 2.61. The maximum Gasteiger partial charge on any atom is 0.274 e. The van der Waals surface area contributed by atoms with Crippen molar-refractivity contribution < 1.29 is 9.32 Å². The van der Waals surface area contributed by atoms with Crippen molar-refractivity contribution in [3.8, 4) is 0 Å². The summed E-state index contributed by atoms with van der Waals surface area (Å²) in [7, 11) is 0. The van der Waals surface area contributed by atoms with Crippen LogP contribution in [0.15, 0.2) is 10.6 Å². The van der Waals surface area contributed by atoms with E-state index in [1.165, 1.54) is 6.07 Å². The summed E-state index contributed by atoms with van der Waals surface area (Å²) >= 11 is 15.9. The Kier molecular flexibility index (Phi) is 2.76. The van der Waals surface area contributed by atoms with Gasteiger partial charge in [-0.25, -0.2) is 0 Å². The summed E-state index contributed by atoms with van der Waals surface area (Å²) in [6.07, 6.45) is 0. The molecule has 0 atom stereocenters. The third-order valence-corrected chi connectivity index (χ3v) is 1.57. The van der Waals surface area contributed by atoms with Gasteiger partial charge in [0.15, 0.2) is 16.3 Å². The lowest BCUT2D eigenvalue weighted by Crippen LogP contribution is -1.85. The molecule has 3 nitrogen and oxygen atoms in total. The van der Waals surface area contributed by atoms with Crippen LogP contribution in [-0.2, 0) is 0 Å². The van der Waals surface area contributed by atoms with Crippen LogP contribution < -0.4 is 0 Å². The number of hydrogen-bond acceptors (Lipinski definition) is 3. The molecule has 0 fully saturated rings. The van der Waals surface area contributed by atoms with Crippen molar-refractivity contribution in [2.24, 2.45) is 0 Å². The molecule has 0 saturated heterocycles. The van der Waals surface area contributed by atoms with E-state index in [0.29, 0.717) is 0 Å². The summed E-state index contributed by atoms with van der Waals surface area (Å²) in [5.74, 6) is 0.206. The van der Waals surface area contributed by atoms with Gasteiger partial charge in [-0.1, -0.05) is 28.4 Å². The zero-order valence-electron chi connectivity index (χ0n) is 5.05. The van der Waals surface area contributed by atoms with Crippen LogP contribution >= 0.6 is 34.8 Å². The zero-order chi connectivity index (χ0) is 8.43. The minimum absolute atomic E-state index is 0.00738. The average molecular weight is 214 g/mol. The lowest BCUT2D eigenvalue weighted by molar-refractivity contribution is 0.107. The van der Waals surface area contributed by atoms with E-state index in [2.05, 4.69) is 9.68 Å². The largest absolute Gasteiger partial charge is 0.358 e. The minimum Gasteiger partial charge on any atom is -0.358 e.